The minimum Gasteiger partial charge on any atom is -0.390 e. The lowest BCUT2D eigenvalue weighted by Gasteiger charge is -2.39. The third-order valence-electron chi connectivity index (χ3n) is 5.02. The van der Waals surface area contributed by atoms with Crippen LogP contribution in [0.1, 0.15) is 25.3 Å². The Hall–Kier alpha value is -1.85. The van der Waals surface area contributed by atoms with Crippen molar-refractivity contribution in [2.24, 2.45) is 10.6 Å². The van der Waals surface area contributed by atoms with E-state index in [0.717, 1.165) is 12.1 Å². The molecule has 0 radical (unpaired) electrons. The van der Waals surface area contributed by atoms with Crippen molar-refractivity contribution in [3.8, 4) is 0 Å². The molecule has 0 aromatic heterocycles. The summed E-state index contributed by atoms with van der Waals surface area (Å²) in [5.41, 5.74) is -0.878. The van der Waals surface area contributed by atoms with Crippen LogP contribution in [0.25, 0.3) is 0 Å². The van der Waals surface area contributed by atoms with Gasteiger partial charge in [-0.3, -0.25) is 0 Å². The second-order valence-electron chi connectivity index (χ2n) is 6.98. The molecule has 1 aliphatic carbocycles. The van der Waals surface area contributed by atoms with E-state index in [2.05, 4.69) is 31.1 Å². The van der Waals surface area contributed by atoms with Crippen LogP contribution in [0.2, 0.25) is 0 Å². The fraction of sp³-hybridized carbons (Fsp3) is 0.389. The van der Waals surface area contributed by atoms with Crippen molar-refractivity contribution in [1.29, 1.82) is 0 Å². The fourth-order valence-corrected chi connectivity index (χ4v) is 4.67. The number of nitrogens with zero attached hydrogens (tertiary/aromatic N) is 1. The number of halogens is 4. The van der Waals surface area contributed by atoms with Gasteiger partial charge in [0, 0.05) is 17.8 Å². The number of rotatable bonds is 5. The van der Waals surface area contributed by atoms with Gasteiger partial charge in [-0.25, -0.2) is 13.1 Å². The lowest BCUT2D eigenvalue weighted by molar-refractivity contribution is -0.137. The molecule has 2 aliphatic rings. The lowest BCUT2D eigenvalue weighted by Crippen LogP contribution is -2.40. The van der Waals surface area contributed by atoms with E-state index in [1.807, 2.05) is 0 Å². The first-order valence-electron chi connectivity index (χ1n) is 8.63. The molecule has 158 valence electrons. The standard InChI is InChI=1S/C18H19BrF3N3O3S/c1-17(15-9-16(19)25-28-15)10-13(29(26,27)23-2)6-7-14(17)24-12-5-3-4-11(8-12)18(20,21)22/h3-8,15,23-24H,9-10H2,1-2H3/t15-,17?/m1/s1. The second-order valence-corrected chi connectivity index (χ2v) is 9.84. The Kier molecular flexibility index (Phi) is 5.85. The van der Waals surface area contributed by atoms with Gasteiger partial charge >= 0.3 is 6.18 Å². The Labute approximate surface area is 175 Å². The van der Waals surface area contributed by atoms with Gasteiger partial charge in [0.2, 0.25) is 10.0 Å². The van der Waals surface area contributed by atoms with Crippen molar-refractivity contribution in [1.82, 2.24) is 4.72 Å². The number of hydrogen-bond acceptors (Lipinski definition) is 5. The highest BCUT2D eigenvalue weighted by atomic mass is 79.9. The molecule has 1 aliphatic heterocycles. The number of alkyl halides is 3. The first-order valence-corrected chi connectivity index (χ1v) is 10.9. The van der Waals surface area contributed by atoms with Crippen LogP contribution in [0.4, 0.5) is 18.9 Å². The third kappa shape index (κ3) is 4.51. The maximum absolute atomic E-state index is 13.0. The van der Waals surface area contributed by atoms with Crippen molar-refractivity contribution in [3.05, 3.63) is 52.6 Å². The number of benzene rings is 1. The predicted octanol–water partition coefficient (Wildman–Crippen LogP) is 4.34. The normalized spacial score (nSPS) is 25.0. The van der Waals surface area contributed by atoms with Crippen LogP contribution in [0, 0.1) is 5.41 Å². The summed E-state index contributed by atoms with van der Waals surface area (Å²) in [6, 6.07) is 4.82. The lowest BCUT2D eigenvalue weighted by atomic mass is 9.74. The number of nitrogens with one attached hydrogen (secondary N) is 2. The third-order valence-corrected chi connectivity index (χ3v) is 7.00. The van der Waals surface area contributed by atoms with Gasteiger partial charge in [0.15, 0.2) is 0 Å². The van der Waals surface area contributed by atoms with Gasteiger partial charge in [0.1, 0.15) is 10.7 Å². The molecule has 29 heavy (non-hydrogen) atoms. The maximum atomic E-state index is 13.0. The molecule has 0 spiro atoms. The molecule has 0 saturated carbocycles. The Balaban J connectivity index is 1.99. The van der Waals surface area contributed by atoms with Crippen LogP contribution < -0.4 is 10.0 Å². The zero-order valence-electron chi connectivity index (χ0n) is 15.5. The van der Waals surface area contributed by atoms with Gasteiger partial charge < -0.3 is 10.2 Å². The van der Waals surface area contributed by atoms with E-state index in [0.29, 0.717) is 16.7 Å². The van der Waals surface area contributed by atoms with E-state index < -0.39 is 33.3 Å². The minimum atomic E-state index is -4.47. The molecule has 0 bridgehead atoms. The van der Waals surface area contributed by atoms with E-state index in [-0.39, 0.29) is 17.0 Å². The Morgan fingerprint density at radius 3 is 2.62 bits per heavy atom. The van der Waals surface area contributed by atoms with Gasteiger partial charge in [-0.2, -0.15) is 13.2 Å². The first-order chi connectivity index (χ1) is 13.5. The zero-order valence-corrected chi connectivity index (χ0v) is 18.0. The average Bonchev–Trinajstić information content (AvgIpc) is 3.10. The minimum absolute atomic E-state index is 0.0917. The summed E-state index contributed by atoms with van der Waals surface area (Å²) < 4.78 is 66.6. The Morgan fingerprint density at radius 1 is 1.31 bits per heavy atom. The van der Waals surface area contributed by atoms with Gasteiger partial charge in [0.05, 0.1) is 15.9 Å². The SMILES string of the molecule is CNS(=O)(=O)C1=CC=C(Nc2cccc(C(F)(F)F)c2)C(C)([C@H]2CC(Br)=NO2)C1. The van der Waals surface area contributed by atoms with Crippen LogP contribution in [-0.4, -0.2) is 26.2 Å². The van der Waals surface area contributed by atoms with Gasteiger partial charge in [-0.05, 0) is 59.7 Å². The molecule has 1 aromatic rings. The van der Waals surface area contributed by atoms with E-state index in [1.165, 1.54) is 25.3 Å². The molecule has 1 heterocycles. The molecule has 11 heteroatoms. The zero-order chi connectivity index (χ0) is 21.4. The summed E-state index contributed by atoms with van der Waals surface area (Å²) in [6.07, 6.45) is -1.47. The number of sulfonamides is 1. The monoisotopic (exact) mass is 493 g/mol. The number of oxime groups is 1. The summed E-state index contributed by atoms with van der Waals surface area (Å²) in [5.74, 6) is 0. The van der Waals surface area contributed by atoms with Crippen molar-refractivity contribution in [3.63, 3.8) is 0 Å². The van der Waals surface area contributed by atoms with E-state index in [4.69, 9.17) is 4.84 Å². The highest BCUT2D eigenvalue weighted by Crippen LogP contribution is 2.46. The van der Waals surface area contributed by atoms with Crippen LogP contribution in [0.5, 0.6) is 0 Å². The first kappa shape index (κ1) is 21.8. The molecule has 2 atom stereocenters. The van der Waals surface area contributed by atoms with E-state index >= 15 is 0 Å². The van der Waals surface area contributed by atoms with Crippen molar-refractivity contribution >= 4 is 36.3 Å². The summed E-state index contributed by atoms with van der Waals surface area (Å²) in [5, 5.41) is 6.90. The molecular weight excluding hydrogens is 475 g/mol. The predicted molar refractivity (Wildman–Crippen MR) is 108 cm³/mol. The topological polar surface area (TPSA) is 79.8 Å². The van der Waals surface area contributed by atoms with Gasteiger partial charge in [-0.1, -0.05) is 18.1 Å². The summed E-state index contributed by atoms with van der Waals surface area (Å²) in [4.78, 5) is 5.64. The van der Waals surface area contributed by atoms with Gasteiger partial charge in [0.25, 0.3) is 0 Å². The maximum Gasteiger partial charge on any atom is 0.416 e. The van der Waals surface area contributed by atoms with Crippen molar-refractivity contribution < 1.29 is 26.4 Å². The molecule has 0 saturated heterocycles. The molecule has 0 fully saturated rings. The van der Waals surface area contributed by atoms with Crippen LogP contribution in [-0.2, 0) is 21.0 Å². The van der Waals surface area contributed by atoms with E-state index in [9.17, 15) is 21.6 Å². The molecule has 1 unspecified atom stereocenters. The Bertz CT molecular complexity index is 1010. The average molecular weight is 494 g/mol. The molecule has 1 aromatic carbocycles. The summed E-state index contributed by atoms with van der Waals surface area (Å²) >= 11 is 3.27. The van der Waals surface area contributed by atoms with Crippen LogP contribution in [0.3, 0.4) is 0 Å². The summed E-state index contributed by atoms with van der Waals surface area (Å²) in [6.45, 7) is 1.80. The highest BCUT2D eigenvalue weighted by Gasteiger charge is 2.46. The van der Waals surface area contributed by atoms with Crippen LogP contribution in [0.15, 0.2) is 52.2 Å². The molecular formula is C18H19BrF3N3O3S. The highest BCUT2D eigenvalue weighted by molar-refractivity contribution is 9.18. The molecule has 6 nitrogen and oxygen atoms in total. The molecule has 2 N–H and O–H groups in total. The quantitative estimate of drug-likeness (QED) is 0.639. The number of hydrogen-bond donors (Lipinski definition) is 2. The number of allylic oxidation sites excluding steroid dienone is 3. The molecule has 0 amide bonds. The molecule has 3 rings (SSSR count). The van der Waals surface area contributed by atoms with Crippen molar-refractivity contribution in [2.75, 3.05) is 12.4 Å². The van der Waals surface area contributed by atoms with E-state index in [1.54, 1.807) is 13.0 Å². The second kappa shape index (κ2) is 7.77. The Morgan fingerprint density at radius 2 is 2.03 bits per heavy atom. The van der Waals surface area contributed by atoms with Crippen LogP contribution >= 0.6 is 15.9 Å². The largest absolute Gasteiger partial charge is 0.416 e. The number of anilines is 1. The fourth-order valence-electron chi connectivity index (χ4n) is 3.29. The van der Waals surface area contributed by atoms with Crippen molar-refractivity contribution in [2.45, 2.75) is 32.0 Å². The summed E-state index contributed by atoms with van der Waals surface area (Å²) in [7, 11) is -2.35. The smallest absolute Gasteiger partial charge is 0.390 e. The van der Waals surface area contributed by atoms with Gasteiger partial charge in [-0.15, -0.1) is 0 Å².